The number of anilines is 1. The fourth-order valence-electron chi connectivity index (χ4n) is 2.59. The Labute approximate surface area is 172 Å². The predicted molar refractivity (Wildman–Crippen MR) is 108 cm³/mol. The van der Waals surface area contributed by atoms with E-state index in [1.165, 1.54) is 0 Å². The lowest BCUT2D eigenvalue weighted by Crippen LogP contribution is -2.33. The van der Waals surface area contributed by atoms with E-state index in [0.29, 0.717) is 23.7 Å². The van der Waals surface area contributed by atoms with E-state index >= 15 is 0 Å². The van der Waals surface area contributed by atoms with E-state index in [1.54, 1.807) is 10.9 Å². The SMILES string of the molecule is CCOc1nc(N)nc2c1ncn2C(CCl)OC1COP(=S)(OC(C)C)OC1. The lowest BCUT2D eigenvalue weighted by atomic mass is 10.4. The summed E-state index contributed by atoms with van der Waals surface area (Å²) in [6, 6.07) is 0. The van der Waals surface area contributed by atoms with Crippen molar-refractivity contribution in [3.8, 4) is 5.88 Å². The number of alkyl halides is 1. The smallest absolute Gasteiger partial charge is 0.327 e. The number of hydrogen-bond acceptors (Lipinski definition) is 10. The molecule has 1 aliphatic heterocycles. The number of aromatic nitrogens is 4. The standard InChI is InChI=1S/C15H23ClN5O5PS/c1-4-22-14-12-13(19-15(17)20-14)21(8-18-12)11(5-16)25-10-6-23-27(28,24-7-10)26-9(2)3/h8-11H,4-7H2,1-3H3,(H2,17,19,20). The quantitative estimate of drug-likeness (QED) is 0.474. The molecule has 10 nitrogen and oxygen atoms in total. The van der Waals surface area contributed by atoms with Crippen LogP contribution in [0, 0.1) is 0 Å². The zero-order valence-electron chi connectivity index (χ0n) is 15.8. The molecule has 2 aromatic rings. The Balaban J connectivity index is 1.75. The van der Waals surface area contributed by atoms with Gasteiger partial charge in [0.05, 0.1) is 38.1 Å². The molecule has 156 valence electrons. The first-order chi connectivity index (χ1) is 13.3. The first-order valence-electron chi connectivity index (χ1n) is 8.77. The first-order valence-corrected chi connectivity index (χ1v) is 11.9. The highest BCUT2D eigenvalue weighted by Gasteiger charge is 2.33. The van der Waals surface area contributed by atoms with Gasteiger partial charge in [0.15, 0.2) is 17.4 Å². The molecule has 0 bridgehead atoms. The average molecular weight is 452 g/mol. The maximum Gasteiger partial charge on any atom is 0.327 e. The van der Waals surface area contributed by atoms with Crippen LogP contribution in [0.2, 0.25) is 0 Å². The summed E-state index contributed by atoms with van der Waals surface area (Å²) in [7, 11) is 0. The third-order valence-corrected chi connectivity index (χ3v) is 6.42. The number of fused-ring (bicyclic) bond motifs is 1. The van der Waals surface area contributed by atoms with E-state index in [2.05, 4.69) is 15.0 Å². The Hall–Kier alpha value is -1.07. The lowest BCUT2D eigenvalue weighted by Gasteiger charge is -2.33. The van der Waals surface area contributed by atoms with Crippen LogP contribution in [0.4, 0.5) is 5.95 Å². The Bertz CT molecular complexity index is 857. The van der Waals surface area contributed by atoms with Crippen molar-refractivity contribution in [1.29, 1.82) is 0 Å². The van der Waals surface area contributed by atoms with Gasteiger partial charge in [-0.15, -0.1) is 11.6 Å². The molecule has 0 aliphatic carbocycles. The van der Waals surface area contributed by atoms with Crippen LogP contribution < -0.4 is 10.5 Å². The van der Waals surface area contributed by atoms with E-state index in [0.717, 1.165) is 0 Å². The number of ether oxygens (including phenoxy) is 2. The molecule has 1 atom stereocenters. The van der Waals surface area contributed by atoms with Crippen molar-refractivity contribution in [3.05, 3.63) is 6.33 Å². The van der Waals surface area contributed by atoms with Crippen LogP contribution >= 0.6 is 18.3 Å². The minimum absolute atomic E-state index is 0.0712. The van der Waals surface area contributed by atoms with Crippen molar-refractivity contribution in [1.82, 2.24) is 19.5 Å². The van der Waals surface area contributed by atoms with E-state index in [-0.39, 0.29) is 37.3 Å². The molecule has 3 rings (SSSR count). The van der Waals surface area contributed by atoms with Crippen LogP contribution in [0.3, 0.4) is 0 Å². The molecule has 1 unspecified atom stereocenters. The highest BCUT2D eigenvalue weighted by molar-refractivity contribution is 8.07. The predicted octanol–water partition coefficient (Wildman–Crippen LogP) is 2.63. The summed E-state index contributed by atoms with van der Waals surface area (Å²) in [5, 5.41) is 0. The van der Waals surface area contributed by atoms with Crippen molar-refractivity contribution in [2.75, 3.05) is 31.4 Å². The number of rotatable bonds is 8. The average Bonchev–Trinajstić information content (AvgIpc) is 3.04. The van der Waals surface area contributed by atoms with Crippen molar-refractivity contribution in [2.45, 2.75) is 39.2 Å². The third-order valence-electron chi connectivity index (χ3n) is 3.66. The molecule has 1 saturated heterocycles. The molecule has 1 aliphatic rings. The van der Waals surface area contributed by atoms with Gasteiger partial charge in [0, 0.05) is 0 Å². The lowest BCUT2D eigenvalue weighted by molar-refractivity contribution is -0.0970. The summed E-state index contributed by atoms with van der Waals surface area (Å²) in [5.41, 5.74) is 6.74. The maximum absolute atomic E-state index is 6.14. The van der Waals surface area contributed by atoms with Gasteiger partial charge in [-0.1, -0.05) is 0 Å². The molecule has 2 aromatic heterocycles. The number of nitrogen functional groups attached to an aromatic ring is 1. The molecule has 0 saturated carbocycles. The summed E-state index contributed by atoms with van der Waals surface area (Å²) in [5.74, 6) is 0.529. The Kier molecular flexibility index (Phi) is 7.08. The minimum atomic E-state index is -2.73. The van der Waals surface area contributed by atoms with Gasteiger partial charge in [0.2, 0.25) is 11.8 Å². The molecule has 3 heterocycles. The molecular formula is C15H23ClN5O5PS. The van der Waals surface area contributed by atoms with Gasteiger partial charge < -0.3 is 28.8 Å². The monoisotopic (exact) mass is 451 g/mol. The molecule has 28 heavy (non-hydrogen) atoms. The normalized spacial score (nSPS) is 24.0. The fraction of sp³-hybridized carbons (Fsp3) is 0.667. The Morgan fingerprint density at radius 2 is 2.11 bits per heavy atom. The summed E-state index contributed by atoms with van der Waals surface area (Å²) in [6.45, 7) is 3.78. The van der Waals surface area contributed by atoms with Crippen LogP contribution in [0.25, 0.3) is 11.2 Å². The van der Waals surface area contributed by atoms with Gasteiger partial charge in [0.1, 0.15) is 6.10 Å². The molecule has 2 N–H and O–H groups in total. The number of halogens is 1. The number of imidazole rings is 1. The molecule has 0 amide bonds. The van der Waals surface area contributed by atoms with Gasteiger partial charge in [0.25, 0.3) is 0 Å². The van der Waals surface area contributed by atoms with Crippen molar-refractivity contribution in [3.63, 3.8) is 0 Å². The van der Waals surface area contributed by atoms with Crippen LogP contribution in [-0.2, 0) is 30.1 Å². The summed E-state index contributed by atoms with van der Waals surface area (Å²) in [6.07, 6.45) is 0.527. The number of nitrogens with two attached hydrogens (primary N) is 1. The first kappa shape index (κ1) is 21.6. The Morgan fingerprint density at radius 3 is 2.71 bits per heavy atom. The van der Waals surface area contributed by atoms with Gasteiger partial charge >= 0.3 is 6.72 Å². The van der Waals surface area contributed by atoms with Gasteiger partial charge in [-0.3, -0.25) is 4.57 Å². The molecule has 13 heteroatoms. The molecule has 0 aromatic carbocycles. The zero-order valence-corrected chi connectivity index (χ0v) is 18.2. The van der Waals surface area contributed by atoms with Gasteiger partial charge in [-0.2, -0.15) is 9.97 Å². The topological polar surface area (TPSA) is 116 Å². The van der Waals surface area contributed by atoms with E-state index < -0.39 is 12.9 Å². The second-order valence-corrected chi connectivity index (χ2v) is 9.48. The summed E-state index contributed by atoms with van der Waals surface area (Å²) in [4.78, 5) is 12.6. The largest absolute Gasteiger partial charge is 0.476 e. The van der Waals surface area contributed by atoms with Crippen molar-refractivity contribution < 1.29 is 23.0 Å². The molecular weight excluding hydrogens is 429 g/mol. The second kappa shape index (κ2) is 9.17. The highest BCUT2D eigenvalue weighted by Crippen LogP contribution is 2.53. The summed E-state index contributed by atoms with van der Waals surface area (Å²) >= 11 is 11.5. The minimum Gasteiger partial charge on any atom is -0.476 e. The van der Waals surface area contributed by atoms with Crippen LogP contribution in [0.5, 0.6) is 5.88 Å². The van der Waals surface area contributed by atoms with E-state index in [4.69, 9.17) is 52.2 Å². The van der Waals surface area contributed by atoms with Crippen LogP contribution in [0.15, 0.2) is 6.33 Å². The maximum atomic E-state index is 6.14. The highest BCUT2D eigenvalue weighted by atomic mass is 35.5. The molecule has 1 fully saturated rings. The van der Waals surface area contributed by atoms with E-state index in [9.17, 15) is 0 Å². The van der Waals surface area contributed by atoms with E-state index in [1.807, 2.05) is 20.8 Å². The van der Waals surface area contributed by atoms with Crippen LogP contribution in [-0.4, -0.2) is 57.4 Å². The zero-order chi connectivity index (χ0) is 20.3. The summed E-state index contributed by atoms with van der Waals surface area (Å²) < 4.78 is 30.1. The number of nitrogens with zero attached hydrogens (tertiary/aromatic N) is 4. The van der Waals surface area contributed by atoms with Gasteiger partial charge in [-0.25, -0.2) is 4.98 Å². The van der Waals surface area contributed by atoms with Crippen LogP contribution in [0.1, 0.15) is 27.0 Å². The number of hydrogen-bond donors (Lipinski definition) is 1. The van der Waals surface area contributed by atoms with Crippen molar-refractivity contribution >= 4 is 47.2 Å². The fourth-order valence-corrected chi connectivity index (χ4v) is 5.10. The van der Waals surface area contributed by atoms with Gasteiger partial charge in [-0.05, 0) is 32.6 Å². The molecule has 0 spiro atoms. The van der Waals surface area contributed by atoms with Crippen molar-refractivity contribution in [2.24, 2.45) is 0 Å². The Morgan fingerprint density at radius 1 is 1.39 bits per heavy atom. The molecule has 0 radical (unpaired) electrons. The third kappa shape index (κ3) is 4.91. The second-order valence-electron chi connectivity index (χ2n) is 6.20.